The van der Waals surface area contributed by atoms with Crippen molar-refractivity contribution in [2.75, 3.05) is 11.9 Å². The zero-order valence-electron chi connectivity index (χ0n) is 15.7. The van der Waals surface area contributed by atoms with Gasteiger partial charge in [-0.3, -0.25) is 5.32 Å². The van der Waals surface area contributed by atoms with E-state index in [0.717, 1.165) is 37.5 Å². The number of aliphatic imine (C=N–C) groups is 1. The number of nitrogens with zero attached hydrogens (tertiary/aromatic N) is 2. The fraction of sp³-hybridized carbons (Fsp3) is 0.450. The van der Waals surface area contributed by atoms with Gasteiger partial charge in [0.1, 0.15) is 5.66 Å². The van der Waals surface area contributed by atoms with Crippen LogP contribution in [0.25, 0.3) is 10.9 Å². The summed E-state index contributed by atoms with van der Waals surface area (Å²) in [5.41, 5.74) is 3.14. The van der Waals surface area contributed by atoms with Gasteiger partial charge in [-0.1, -0.05) is 33.3 Å². The summed E-state index contributed by atoms with van der Waals surface area (Å²) in [6.07, 6.45) is 7.36. The van der Waals surface area contributed by atoms with Crippen molar-refractivity contribution in [1.29, 1.82) is 0 Å². The predicted molar refractivity (Wildman–Crippen MR) is 107 cm³/mol. The Morgan fingerprint density at radius 2 is 2.04 bits per heavy atom. The average molecular weight is 339 g/mol. The van der Waals surface area contributed by atoms with Gasteiger partial charge in [0.25, 0.3) is 0 Å². The van der Waals surface area contributed by atoms with Gasteiger partial charge in [0.05, 0.1) is 0 Å². The number of anilines is 1. The third-order valence-corrected chi connectivity index (χ3v) is 4.70. The van der Waals surface area contributed by atoms with Crippen LogP contribution in [0.2, 0.25) is 0 Å². The molecule has 1 aliphatic heterocycles. The van der Waals surface area contributed by atoms with E-state index >= 15 is 0 Å². The lowest BCUT2D eigenvalue weighted by molar-refractivity contribution is 0.405. The summed E-state index contributed by atoms with van der Waals surface area (Å²) in [6.45, 7) is 7.38. The fourth-order valence-corrected chi connectivity index (χ4v) is 3.38. The first-order valence-corrected chi connectivity index (χ1v) is 9.25. The number of benzene rings is 1. The lowest BCUT2D eigenvalue weighted by atomic mass is 10.0. The van der Waals surface area contributed by atoms with Gasteiger partial charge in [0, 0.05) is 30.1 Å². The van der Waals surface area contributed by atoms with Crippen LogP contribution >= 0.6 is 0 Å². The van der Waals surface area contributed by atoms with Gasteiger partial charge in [-0.15, -0.1) is 0 Å². The molecular weight excluding hydrogens is 310 g/mol. The SMILES string of the molecule is CCCC1=CC(CC)(NCC)N=C(Nc2ccc3ccn(C)c3c2)N1. The van der Waals surface area contributed by atoms with Gasteiger partial charge < -0.3 is 15.2 Å². The van der Waals surface area contributed by atoms with Gasteiger partial charge in [0.15, 0.2) is 0 Å². The van der Waals surface area contributed by atoms with Crippen molar-refractivity contribution in [3.05, 3.63) is 42.2 Å². The molecule has 0 saturated heterocycles. The molecule has 3 N–H and O–H groups in total. The van der Waals surface area contributed by atoms with Gasteiger partial charge in [-0.2, -0.15) is 0 Å². The summed E-state index contributed by atoms with van der Waals surface area (Å²) in [5.74, 6) is 0.808. The fourth-order valence-electron chi connectivity index (χ4n) is 3.38. The van der Waals surface area contributed by atoms with Crippen molar-refractivity contribution in [3.8, 4) is 0 Å². The molecule has 0 radical (unpaired) electrons. The Hall–Kier alpha value is -2.27. The van der Waals surface area contributed by atoms with Crippen LogP contribution < -0.4 is 16.0 Å². The lowest BCUT2D eigenvalue weighted by Crippen LogP contribution is -2.48. The molecule has 2 heterocycles. The predicted octanol–water partition coefficient (Wildman–Crippen LogP) is 3.95. The highest BCUT2D eigenvalue weighted by molar-refractivity contribution is 5.97. The van der Waals surface area contributed by atoms with E-state index in [1.165, 1.54) is 16.6 Å². The minimum Gasteiger partial charge on any atom is -0.350 e. The van der Waals surface area contributed by atoms with Gasteiger partial charge in [-0.25, -0.2) is 4.99 Å². The highest BCUT2D eigenvalue weighted by Gasteiger charge is 2.28. The van der Waals surface area contributed by atoms with Crippen molar-refractivity contribution in [3.63, 3.8) is 0 Å². The van der Waals surface area contributed by atoms with E-state index in [2.05, 4.69) is 84.9 Å². The van der Waals surface area contributed by atoms with E-state index in [9.17, 15) is 0 Å². The molecule has 1 unspecified atom stereocenters. The van der Waals surface area contributed by atoms with Crippen LogP contribution in [-0.4, -0.2) is 22.7 Å². The minimum atomic E-state index is -0.331. The van der Waals surface area contributed by atoms with Crippen LogP contribution in [0.1, 0.15) is 40.0 Å². The maximum absolute atomic E-state index is 4.94. The Bertz CT molecular complexity index is 802. The third kappa shape index (κ3) is 3.71. The molecule has 25 heavy (non-hydrogen) atoms. The molecule has 2 aromatic rings. The first kappa shape index (κ1) is 17.5. The Balaban J connectivity index is 1.89. The van der Waals surface area contributed by atoms with E-state index in [0.29, 0.717) is 0 Å². The summed E-state index contributed by atoms with van der Waals surface area (Å²) in [4.78, 5) is 4.94. The molecule has 0 amide bonds. The number of aryl methyl sites for hydroxylation is 1. The normalized spacial score (nSPS) is 20.2. The van der Waals surface area contributed by atoms with Crippen LogP contribution in [0.3, 0.4) is 0 Å². The Morgan fingerprint density at radius 3 is 2.76 bits per heavy atom. The van der Waals surface area contributed by atoms with Gasteiger partial charge >= 0.3 is 0 Å². The minimum absolute atomic E-state index is 0.331. The first-order valence-electron chi connectivity index (χ1n) is 9.25. The molecule has 0 aliphatic carbocycles. The zero-order chi connectivity index (χ0) is 17.9. The summed E-state index contributed by atoms with van der Waals surface area (Å²) >= 11 is 0. The number of fused-ring (bicyclic) bond motifs is 1. The monoisotopic (exact) mass is 339 g/mol. The Labute approximate surface area is 150 Å². The van der Waals surface area contributed by atoms with Crippen molar-refractivity contribution in [1.82, 2.24) is 15.2 Å². The Kier molecular flexibility index (Phi) is 5.13. The number of hydrogen-bond acceptors (Lipinski definition) is 4. The van der Waals surface area contributed by atoms with Crippen molar-refractivity contribution in [2.45, 2.75) is 45.7 Å². The summed E-state index contributed by atoms with van der Waals surface area (Å²) in [7, 11) is 2.07. The van der Waals surface area contributed by atoms with Crippen LogP contribution in [0.4, 0.5) is 5.69 Å². The zero-order valence-corrected chi connectivity index (χ0v) is 15.7. The molecule has 3 rings (SSSR count). The first-order chi connectivity index (χ1) is 12.1. The van der Waals surface area contributed by atoms with Crippen molar-refractivity contribution >= 4 is 22.5 Å². The molecule has 0 bridgehead atoms. The number of hydrogen-bond donors (Lipinski definition) is 3. The molecule has 1 aromatic heterocycles. The number of aromatic nitrogens is 1. The number of allylic oxidation sites excluding steroid dienone is 1. The number of likely N-dealkylation sites (N-methyl/N-ethyl adjacent to an activating group) is 1. The molecule has 134 valence electrons. The van der Waals surface area contributed by atoms with Gasteiger partial charge in [-0.05, 0) is 49.0 Å². The Morgan fingerprint density at radius 1 is 1.20 bits per heavy atom. The molecule has 0 fully saturated rings. The second-order valence-corrected chi connectivity index (χ2v) is 6.64. The lowest BCUT2D eigenvalue weighted by Gasteiger charge is -2.33. The second kappa shape index (κ2) is 7.31. The van der Waals surface area contributed by atoms with E-state index < -0.39 is 0 Å². The maximum atomic E-state index is 4.94. The van der Waals surface area contributed by atoms with E-state index in [1.54, 1.807) is 0 Å². The van der Waals surface area contributed by atoms with Crippen LogP contribution in [0.15, 0.2) is 47.2 Å². The molecule has 1 aliphatic rings. The molecule has 0 saturated carbocycles. The second-order valence-electron chi connectivity index (χ2n) is 6.64. The molecule has 1 atom stereocenters. The topological polar surface area (TPSA) is 53.4 Å². The van der Waals surface area contributed by atoms with Crippen LogP contribution in [-0.2, 0) is 7.05 Å². The molecule has 5 heteroatoms. The molecule has 1 aromatic carbocycles. The van der Waals surface area contributed by atoms with E-state index in [-0.39, 0.29) is 5.66 Å². The highest BCUT2D eigenvalue weighted by atomic mass is 15.3. The third-order valence-electron chi connectivity index (χ3n) is 4.70. The van der Waals surface area contributed by atoms with Crippen molar-refractivity contribution < 1.29 is 0 Å². The average Bonchev–Trinajstić information content (AvgIpc) is 2.96. The van der Waals surface area contributed by atoms with Crippen LogP contribution in [0, 0.1) is 0 Å². The largest absolute Gasteiger partial charge is 0.350 e. The number of nitrogens with one attached hydrogen (secondary N) is 3. The summed E-state index contributed by atoms with van der Waals surface area (Å²) < 4.78 is 2.13. The summed E-state index contributed by atoms with van der Waals surface area (Å²) in [6, 6.07) is 8.54. The standard InChI is InChI=1S/C20H29N5/c1-5-8-17-14-20(6-2,21-7-3)24-19(23-17)22-16-10-9-15-11-12-25(4)18(15)13-16/h9-14,21H,5-8H2,1-4H3,(H2,22,23,24). The highest BCUT2D eigenvalue weighted by Crippen LogP contribution is 2.24. The quantitative estimate of drug-likeness (QED) is 0.747. The molecule has 5 nitrogen and oxygen atoms in total. The molecule has 0 spiro atoms. The maximum Gasteiger partial charge on any atom is 0.202 e. The number of rotatable bonds is 6. The van der Waals surface area contributed by atoms with E-state index in [4.69, 9.17) is 4.99 Å². The van der Waals surface area contributed by atoms with Crippen LogP contribution in [0.5, 0.6) is 0 Å². The summed E-state index contributed by atoms with van der Waals surface area (Å²) in [5, 5.41) is 11.7. The van der Waals surface area contributed by atoms with Gasteiger partial charge in [0.2, 0.25) is 5.96 Å². The van der Waals surface area contributed by atoms with E-state index in [1.807, 2.05) is 0 Å². The van der Waals surface area contributed by atoms with Crippen molar-refractivity contribution in [2.24, 2.45) is 12.0 Å². The smallest absolute Gasteiger partial charge is 0.202 e. The number of guanidine groups is 1. The molecular formula is C20H29N5.